The van der Waals surface area contributed by atoms with Crippen molar-refractivity contribution < 1.29 is 9.53 Å². The molecular formula is C16H21N3O2. The van der Waals surface area contributed by atoms with Gasteiger partial charge in [-0.3, -0.25) is 4.79 Å². The van der Waals surface area contributed by atoms with Crippen LogP contribution in [0, 0.1) is 0 Å². The van der Waals surface area contributed by atoms with Crippen molar-refractivity contribution >= 4 is 12.1 Å². The van der Waals surface area contributed by atoms with Gasteiger partial charge in [0.25, 0.3) is 0 Å². The van der Waals surface area contributed by atoms with Gasteiger partial charge < -0.3 is 10.5 Å². The van der Waals surface area contributed by atoms with Crippen molar-refractivity contribution in [2.45, 2.75) is 32.7 Å². The fourth-order valence-electron chi connectivity index (χ4n) is 2.27. The van der Waals surface area contributed by atoms with Crippen LogP contribution in [-0.4, -0.2) is 23.2 Å². The van der Waals surface area contributed by atoms with E-state index in [0.717, 1.165) is 43.4 Å². The van der Waals surface area contributed by atoms with Gasteiger partial charge in [-0.05, 0) is 18.6 Å². The number of aromatic nitrogens is 2. The van der Waals surface area contributed by atoms with Crippen LogP contribution in [0.4, 0.5) is 5.82 Å². The molecule has 2 rings (SSSR count). The normalized spacial score (nSPS) is 10.6. The van der Waals surface area contributed by atoms with E-state index in [9.17, 15) is 4.79 Å². The maximum atomic E-state index is 11.4. The Morgan fingerprint density at radius 1 is 1.38 bits per heavy atom. The number of hydrogen-bond acceptors (Lipinski definition) is 4. The fraction of sp³-hybridized carbons (Fsp3) is 0.375. The minimum atomic E-state index is 0.430. The Morgan fingerprint density at radius 3 is 2.86 bits per heavy atom. The van der Waals surface area contributed by atoms with Gasteiger partial charge in [-0.15, -0.1) is 0 Å². The molecule has 0 aliphatic rings. The highest BCUT2D eigenvalue weighted by atomic mass is 16.5. The molecule has 0 saturated carbocycles. The molecule has 0 radical (unpaired) electrons. The first-order valence-electron chi connectivity index (χ1n) is 7.17. The lowest BCUT2D eigenvalue weighted by Gasteiger charge is -2.03. The third-order valence-electron chi connectivity index (χ3n) is 3.46. The second-order valence-corrected chi connectivity index (χ2v) is 4.93. The average molecular weight is 287 g/mol. The standard InChI is InChI=1S/C16H21N3O2/c1-3-4-5-9-19-16(17)14(11-20)15(18-19)12-7-6-8-13(10-12)21-2/h6-8,10-11H,3-5,9,17H2,1-2H3. The van der Waals surface area contributed by atoms with Crippen LogP contribution in [0.15, 0.2) is 24.3 Å². The van der Waals surface area contributed by atoms with E-state index in [1.54, 1.807) is 11.8 Å². The summed E-state index contributed by atoms with van der Waals surface area (Å²) in [6, 6.07) is 7.47. The number of anilines is 1. The fourth-order valence-corrected chi connectivity index (χ4v) is 2.27. The molecule has 5 nitrogen and oxygen atoms in total. The summed E-state index contributed by atoms with van der Waals surface area (Å²) in [4.78, 5) is 11.4. The summed E-state index contributed by atoms with van der Waals surface area (Å²) < 4.78 is 6.93. The van der Waals surface area contributed by atoms with E-state index >= 15 is 0 Å². The predicted octanol–water partition coefficient (Wildman–Crippen LogP) is 3.14. The van der Waals surface area contributed by atoms with Crippen molar-refractivity contribution in [2.24, 2.45) is 0 Å². The maximum Gasteiger partial charge on any atom is 0.156 e. The van der Waals surface area contributed by atoms with E-state index < -0.39 is 0 Å². The van der Waals surface area contributed by atoms with Crippen molar-refractivity contribution in [3.8, 4) is 17.0 Å². The largest absolute Gasteiger partial charge is 0.497 e. The molecule has 0 aliphatic carbocycles. The van der Waals surface area contributed by atoms with Gasteiger partial charge in [0.05, 0.1) is 12.7 Å². The summed E-state index contributed by atoms with van der Waals surface area (Å²) in [7, 11) is 1.61. The lowest BCUT2D eigenvalue weighted by Crippen LogP contribution is -2.05. The molecule has 112 valence electrons. The number of benzene rings is 1. The van der Waals surface area contributed by atoms with Crippen LogP contribution < -0.4 is 10.5 Å². The molecule has 1 aromatic carbocycles. The summed E-state index contributed by atoms with van der Waals surface area (Å²) in [5, 5.41) is 4.50. The summed E-state index contributed by atoms with van der Waals surface area (Å²) in [6.07, 6.45) is 4.01. The number of nitrogens with zero attached hydrogens (tertiary/aromatic N) is 2. The van der Waals surface area contributed by atoms with Crippen molar-refractivity contribution in [3.63, 3.8) is 0 Å². The lowest BCUT2D eigenvalue weighted by molar-refractivity contribution is 0.112. The van der Waals surface area contributed by atoms with Crippen molar-refractivity contribution in [1.29, 1.82) is 0 Å². The Hall–Kier alpha value is -2.30. The number of nitrogens with two attached hydrogens (primary N) is 1. The van der Waals surface area contributed by atoms with Crippen LogP contribution in [0.3, 0.4) is 0 Å². The van der Waals surface area contributed by atoms with E-state index in [2.05, 4.69) is 12.0 Å². The highest BCUT2D eigenvalue weighted by Crippen LogP contribution is 2.28. The van der Waals surface area contributed by atoms with E-state index in [-0.39, 0.29) is 0 Å². The Labute approximate surface area is 124 Å². The molecule has 1 heterocycles. The van der Waals surface area contributed by atoms with Crippen LogP contribution >= 0.6 is 0 Å². The summed E-state index contributed by atoms with van der Waals surface area (Å²) in [6.45, 7) is 2.87. The first kappa shape index (κ1) is 15.1. The van der Waals surface area contributed by atoms with Crippen LogP contribution in [-0.2, 0) is 6.54 Å². The van der Waals surface area contributed by atoms with E-state index in [4.69, 9.17) is 10.5 Å². The zero-order valence-electron chi connectivity index (χ0n) is 12.5. The first-order chi connectivity index (χ1) is 10.2. The minimum absolute atomic E-state index is 0.430. The van der Waals surface area contributed by atoms with Gasteiger partial charge in [-0.1, -0.05) is 31.9 Å². The van der Waals surface area contributed by atoms with Crippen LogP contribution in [0.5, 0.6) is 5.75 Å². The SMILES string of the molecule is CCCCCn1nc(-c2cccc(OC)c2)c(C=O)c1N. The zero-order valence-corrected chi connectivity index (χ0v) is 12.5. The number of aryl methyl sites for hydroxylation is 1. The molecule has 0 saturated heterocycles. The van der Waals surface area contributed by atoms with Crippen molar-refractivity contribution in [3.05, 3.63) is 29.8 Å². The summed E-state index contributed by atoms with van der Waals surface area (Å²) in [5.41, 5.74) is 7.93. The smallest absolute Gasteiger partial charge is 0.156 e. The predicted molar refractivity (Wildman–Crippen MR) is 83.5 cm³/mol. The molecule has 0 fully saturated rings. The molecule has 2 N–H and O–H groups in total. The monoisotopic (exact) mass is 287 g/mol. The molecule has 0 aliphatic heterocycles. The molecule has 5 heteroatoms. The number of carbonyl (C=O) groups excluding carboxylic acids is 1. The van der Waals surface area contributed by atoms with Gasteiger partial charge >= 0.3 is 0 Å². The van der Waals surface area contributed by atoms with Gasteiger partial charge in [-0.2, -0.15) is 5.10 Å². The second-order valence-electron chi connectivity index (χ2n) is 4.93. The molecule has 21 heavy (non-hydrogen) atoms. The van der Waals surface area contributed by atoms with E-state index in [1.807, 2.05) is 24.3 Å². The molecular weight excluding hydrogens is 266 g/mol. The van der Waals surface area contributed by atoms with E-state index in [1.165, 1.54) is 0 Å². The topological polar surface area (TPSA) is 70.1 Å². The first-order valence-corrected chi connectivity index (χ1v) is 7.17. The van der Waals surface area contributed by atoms with Crippen LogP contribution in [0.25, 0.3) is 11.3 Å². The molecule has 0 unspecified atom stereocenters. The zero-order chi connectivity index (χ0) is 15.2. The molecule has 2 aromatic rings. The number of unbranched alkanes of at least 4 members (excludes halogenated alkanes) is 2. The minimum Gasteiger partial charge on any atom is -0.497 e. The van der Waals surface area contributed by atoms with E-state index in [0.29, 0.717) is 17.1 Å². The van der Waals surface area contributed by atoms with Crippen LogP contribution in [0.1, 0.15) is 36.5 Å². The quantitative estimate of drug-likeness (QED) is 0.627. The number of nitrogen functional groups attached to an aromatic ring is 1. The summed E-state index contributed by atoms with van der Waals surface area (Å²) >= 11 is 0. The maximum absolute atomic E-state index is 11.4. The Bertz CT molecular complexity index is 620. The highest BCUT2D eigenvalue weighted by molar-refractivity contribution is 5.91. The van der Waals surface area contributed by atoms with Gasteiger partial charge in [0.2, 0.25) is 0 Å². The molecule has 0 atom stereocenters. The van der Waals surface area contributed by atoms with Crippen molar-refractivity contribution in [2.75, 3.05) is 12.8 Å². The molecule has 1 aromatic heterocycles. The number of rotatable bonds is 7. The molecule has 0 spiro atoms. The third-order valence-corrected chi connectivity index (χ3v) is 3.46. The Kier molecular flexibility index (Phi) is 4.98. The Balaban J connectivity index is 2.38. The van der Waals surface area contributed by atoms with Crippen LogP contribution in [0.2, 0.25) is 0 Å². The number of methoxy groups -OCH3 is 1. The molecule has 0 amide bonds. The number of hydrogen-bond donors (Lipinski definition) is 1. The third kappa shape index (κ3) is 3.24. The summed E-state index contributed by atoms with van der Waals surface area (Å²) in [5.74, 6) is 1.15. The number of ether oxygens (including phenoxy) is 1. The molecule has 0 bridgehead atoms. The number of carbonyl (C=O) groups is 1. The average Bonchev–Trinajstić information content (AvgIpc) is 2.84. The van der Waals surface area contributed by atoms with Crippen molar-refractivity contribution in [1.82, 2.24) is 9.78 Å². The van der Waals surface area contributed by atoms with Gasteiger partial charge in [0.1, 0.15) is 17.3 Å². The highest BCUT2D eigenvalue weighted by Gasteiger charge is 2.16. The van der Waals surface area contributed by atoms with Gasteiger partial charge in [-0.25, -0.2) is 4.68 Å². The van der Waals surface area contributed by atoms with Gasteiger partial charge in [0.15, 0.2) is 6.29 Å². The Morgan fingerprint density at radius 2 is 2.19 bits per heavy atom. The number of aldehydes is 1. The van der Waals surface area contributed by atoms with Gasteiger partial charge in [0, 0.05) is 12.1 Å². The second kappa shape index (κ2) is 6.92. The lowest BCUT2D eigenvalue weighted by atomic mass is 10.1.